The number of hydrogen-bond donors (Lipinski definition) is 0. The van der Waals surface area contributed by atoms with Crippen LogP contribution in [0.5, 0.6) is 0 Å². The highest BCUT2D eigenvalue weighted by Crippen LogP contribution is 2.37. The van der Waals surface area contributed by atoms with Crippen LogP contribution in [0.3, 0.4) is 0 Å². The van der Waals surface area contributed by atoms with Gasteiger partial charge in [-0.3, -0.25) is 0 Å². The normalized spacial score (nSPS) is 30.5. The zero-order chi connectivity index (χ0) is 20.0. The first kappa shape index (κ1) is 21.7. The molecule has 2 saturated heterocycles. The van der Waals surface area contributed by atoms with Gasteiger partial charge in [0, 0.05) is 11.3 Å². The highest BCUT2D eigenvalue weighted by molar-refractivity contribution is 6.54. The molecule has 2 aliphatic heterocycles. The molecule has 0 aromatic heterocycles. The zero-order valence-electron chi connectivity index (χ0n) is 17.3. The summed E-state index contributed by atoms with van der Waals surface area (Å²) >= 11 is 0. The molecule has 0 atom stereocenters. The van der Waals surface area contributed by atoms with Crippen LogP contribution in [0.4, 0.5) is 0 Å². The molecule has 0 saturated carbocycles. The summed E-state index contributed by atoms with van der Waals surface area (Å²) in [5, 5.41) is 1.43. The van der Waals surface area contributed by atoms with E-state index in [0.29, 0.717) is 45.6 Å². The molecule has 0 amide bonds. The van der Waals surface area contributed by atoms with E-state index < -0.39 is 6.16 Å². The summed E-state index contributed by atoms with van der Waals surface area (Å²) in [6, 6.07) is 7.57. The van der Waals surface area contributed by atoms with Crippen LogP contribution in [0, 0.1) is 25.2 Å². The Kier molecular flexibility index (Phi) is 7.47. The summed E-state index contributed by atoms with van der Waals surface area (Å²) in [4.78, 5) is 0. The average Bonchev–Trinajstić information content (AvgIpc) is 2.72. The summed E-state index contributed by atoms with van der Waals surface area (Å²) in [5.74, 6) is 0.352. The Hall–Kier alpha value is -1.02. The Bertz CT molecular complexity index is 644. The number of hydrogen-bond acceptors (Lipinski definition) is 5. The fraction of sp³-hybridized carbons (Fsp3) is 0.636. The molecule has 0 N–H and O–H groups in total. The first-order chi connectivity index (χ1) is 13.5. The predicted octanol–water partition coefficient (Wildman–Crippen LogP) is 2.97. The van der Waals surface area contributed by atoms with E-state index in [4.69, 9.17) is 23.7 Å². The SMILES string of the molecule is C=CCOCC1(CC)COC2(OCC(C[Si]c3cccc(C)c3C)CO2)OC1. The Morgan fingerprint density at radius 2 is 1.89 bits per heavy atom. The topological polar surface area (TPSA) is 46.2 Å². The Morgan fingerprint density at radius 1 is 1.18 bits per heavy atom. The number of ether oxygens (including phenoxy) is 5. The van der Waals surface area contributed by atoms with Crippen LogP contribution in [0.1, 0.15) is 24.5 Å². The van der Waals surface area contributed by atoms with Gasteiger partial charge in [-0.2, -0.15) is 0 Å². The largest absolute Gasteiger partial charge is 0.412 e. The van der Waals surface area contributed by atoms with Crippen molar-refractivity contribution in [3.63, 3.8) is 0 Å². The van der Waals surface area contributed by atoms with Crippen LogP contribution in [0.25, 0.3) is 0 Å². The van der Waals surface area contributed by atoms with Crippen molar-refractivity contribution in [1.82, 2.24) is 0 Å². The van der Waals surface area contributed by atoms with Crippen molar-refractivity contribution in [2.24, 2.45) is 11.3 Å². The van der Waals surface area contributed by atoms with Gasteiger partial charge < -0.3 is 23.7 Å². The molecular weight excluding hydrogens is 372 g/mol. The van der Waals surface area contributed by atoms with Crippen molar-refractivity contribution in [2.75, 3.05) is 39.6 Å². The molecule has 0 unspecified atom stereocenters. The lowest BCUT2D eigenvalue weighted by molar-refractivity contribution is -0.541. The van der Waals surface area contributed by atoms with Crippen LogP contribution < -0.4 is 5.19 Å². The summed E-state index contributed by atoms with van der Waals surface area (Å²) in [5.41, 5.74) is 2.58. The van der Waals surface area contributed by atoms with Gasteiger partial charge in [-0.1, -0.05) is 36.4 Å². The van der Waals surface area contributed by atoms with Crippen molar-refractivity contribution in [1.29, 1.82) is 0 Å². The van der Waals surface area contributed by atoms with E-state index in [-0.39, 0.29) is 5.41 Å². The third-order valence-corrected chi connectivity index (χ3v) is 7.39. The molecule has 6 heteroatoms. The quantitative estimate of drug-likeness (QED) is 0.379. The van der Waals surface area contributed by atoms with Crippen molar-refractivity contribution in [3.05, 3.63) is 42.0 Å². The lowest BCUT2D eigenvalue weighted by Crippen LogP contribution is -2.57. The average molecular weight is 405 g/mol. The van der Waals surface area contributed by atoms with E-state index >= 15 is 0 Å². The monoisotopic (exact) mass is 404 g/mol. The van der Waals surface area contributed by atoms with Gasteiger partial charge in [0.15, 0.2) is 0 Å². The minimum Gasteiger partial charge on any atom is -0.377 e. The first-order valence-electron chi connectivity index (χ1n) is 10.1. The Morgan fingerprint density at radius 3 is 2.54 bits per heavy atom. The van der Waals surface area contributed by atoms with Crippen molar-refractivity contribution in [3.8, 4) is 0 Å². The minimum atomic E-state index is -1.34. The van der Waals surface area contributed by atoms with Crippen molar-refractivity contribution >= 4 is 14.7 Å². The second kappa shape index (κ2) is 9.65. The highest BCUT2D eigenvalue weighted by Gasteiger charge is 2.49. The zero-order valence-corrected chi connectivity index (χ0v) is 18.3. The predicted molar refractivity (Wildman–Crippen MR) is 110 cm³/mol. The maximum absolute atomic E-state index is 5.92. The van der Waals surface area contributed by atoms with Gasteiger partial charge in [-0.05, 0) is 37.4 Å². The lowest BCUT2D eigenvalue weighted by Gasteiger charge is -2.46. The van der Waals surface area contributed by atoms with Crippen LogP contribution in [-0.4, -0.2) is 55.3 Å². The maximum Gasteiger partial charge on any atom is 0.412 e. The van der Waals surface area contributed by atoms with Gasteiger partial charge in [0.1, 0.15) is 0 Å². The molecule has 2 heterocycles. The number of benzene rings is 1. The van der Waals surface area contributed by atoms with E-state index in [1.165, 1.54) is 16.3 Å². The van der Waals surface area contributed by atoms with Gasteiger partial charge in [-0.15, -0.1) is 6.58 Å². The molecule has 2 fully saturated rings. The third-order valence-electron chi connectivity index (χ3n) is 5.68. The van der Waals surface area contributed by atoms with E-state index in [0.717, 1.165) is 22.0 Å². The Labute approximate surface area is 171 Å². The number of rotatable bonds is 8. The lowest BCUT2D eigenvalue weighted by atomic mass is 9.87. The molecule has 154 valence electrons. The van der Waals surface area contributed by atoms with Gasteiger partial charge >= 0.3 is 6.16 Å². The molecular formula is C22H32O5Si. The van der Waals surface area contributed by atoms with Crippen LogP contribution >= 0.6 is 0 Å². The van der Waals surface area contributed by atoms with Crippen molar-refractivity contribution in [2.45, 2.75) is 39.4 Å². The summed E-state index contributed by atoms with van der Waals surface area (Å²) in [6.07, 6.45) is 1.32. The van der Waals surface area contributed by atoms with E-state index in [9.17, 15) is 0 Å². The van der Waals surface area contributed by atoms with E-state index in [2.05, 4.69) is 45.5 Å². The maximum atomic E-state index is 5.92. The van der Waals surface area contributed by atoms with Crippen LogP contribution in [-0.2, 0) is 23.7 Å². The Balaban J connectivity index is 1.46. The molecule has 5 nitrogen and oxygen atoms in total. The van der Waals surface area contributed by atoms with Gasteiger partial charge in [0.25, 0.3) is 0 Å². The molecule has 2 radical (unpaired) electrons. The summed E-state index contributed by atoms with van der Waals surface area (Å²) in [7, 11) is 0.752. The fourth-order valence-corrected chi connectivity index (χ4v) is 4.75. The fourth-order valence-electron chi connectivity index (χ4n) is 3.33. The standard InChI is InChI=1S/C22H32O5Si/c1-5-10-23-14-21(6-2)15-26-22(27-16-21)24-11-19(12-25-22)13-28-20-9-7-8-17(3)18(20)4/h5,7-9,19H,1,6,10-16H2,2-4H3. The number of aryl methyl sites for hydroxylation is 1. The molecule has 0 bridgehead atoms. The molecule has 1 aromatic carbocycles. The minimum absolute atomic E-state index is 0.165. The van der Waals surface area contributed by atoms with E-state index in [1.54, 1.807) is 6.08 Å². The second-order valence-electron chi connectivity index (χ2n) is 7.85. The molecule has 3 rings (SSSR count). The molecule has 1 aromatic rings. The van der Waals surface area contributed by atoms with Gasteiger partial charge in [0.2, 0.25) is 0 Å². The van der Waals surface area contributed by atoms with Crippen LogP contribution in [0.2, 0.25) is 6.04 Å². The van der Waals surface area contributed by atoms with E-state index in [1.807, 2.05) is 0 Å². The molecule has 2 aliphatic rings. The highest BCUT2D eigenvalue weighted by atomic mass is 28.2. The third kappa shape index (κ3) is 5.12. The summed E-state index contributed by atoms with van der Waals surface area (Å²) < 4.78 is 29.3. The summed E-state index contributed by atoms with van der Waals surface area (Å²) in [6.45, 7) is 13.4. The smallest absolute Gasteiger partial charge is 0.377 e. The van der Waals surface area contributed by atoms with Crippen LogP contribution in [0.15, 0.2) is 30.9 Å². The molecule has 28 heavy (non-hydrogen) atoms. The first-order valence-corrected chi connectivity index (χ1v) is 11.3. The van der Waals surface area contributed by atoms with Crippen molar-refractivity contribution < 1.29 is 23.7 Å². The molecule has 1 spiro atoms. The molecule has 0 aliphatic carbocycles. The van der Waals surface area contributed by atoms with Gasteiger partial charge in [-0.25, -0.2) is 0 Å². The van der Waals surface area contributed by atoms with Gasteiger partial charge in [0.05, 0.1) is 49.2 Å². The second-order valence-corrected chi connectivity index (χ2v) is 9.15.